The van der Waals surface area contributed by atoms with Crippen LogP contribution in [0.4, 0.5) is 0 Å². The van der Waals surface area contributed by atoms with Gasteiger partial charge in [-0.25, -0.2) is 0 Å². The lowest BCUT2D eigenvalue weighted by Crippen LogP contribution is -2.36. The van der Waals surface area contributed by atoms with Gasteiger partial charge in [-0.3, -0.25) is 4.99 Å². The smallest absolute Gasteiger partial charge is 0.191 e. The first-order chi connectivity index (χ1) is 9.70. The molecule has 0 aliphatic rings. The highest BCUT2D eigenvalue weighted by Crippen LogP contribution is 2.15. The van der Waals surface area contributed by atoms with Gasteiger partial charge in [0, 0.05) is 23.5 Å². The Morgan fingerprint density at radius 3 is 2.52 bits per heavy atom. The van der Waals surface area contributed by atoms with Crippen molar-refractivity contribution in [3.63, 3.8) is 0 Å². The van der Waals surface area contributed by atoms with Crippen LogP contribution in [0.25, 0.3) is 0 Å². The molecule has 0 radical (unpaired) electrons. The Morgan fingerprint density at radius 1 is 1.19 bits per heavy atom. The normalized spacial score (nSPS) is 10.9. The zero-order chi connectivity index (χ0) is 14.4. The first kappa shape index (κ1) is 18.3. The zero-order valence-corrected chi connectivity index (χ0v) is 15.9. The molecule has 2 rings (SSSR count). The molecule has 6 heteroatoms. The number of hydrogen-bond donors (Lipinski definition) is 2. The van der Waals surface area contributed by atoms with Gasteiger partial charge >= 0.3 is 0 Å². The number of rotatable bonds is 4. The molecule has 0 amide bonds. The van der Waals surface area contributed by atoms with E-state index >= 15 is 0 Å². The number of aryl methyl sites for hydroxylation is 1. The maximum atomic E-state index is 6.13. The average molecular weight is 436 g/mol. The largest absolute Gasteiger partial charge is 0.352 e. The summed E-state index contributed by atoms with van der Waals surface area (Å²) in [5.74, 6) is 0.776. The van der Waals surface area contributed by atoms with Gasteiger partial charge in [0.05, 0.1) is 6.54 Å². The molecule has 2 aromatic rings. The predicted octanol–water partition coefficient (Wildman–Crippen LogP) is 4.19. The molecule has 0 saturated carbocycles. The van der Waals surface area contributed by atoms with Crippen LogP contribution in [0, 0.1) is 6.92 Å². The van der Waals surface area contributed by atoms with Gasteiger partial charge in [-0.05, 0) is 35.6 Å². The van der Waals surface area contributed by atoms with Crippen molar-refractivity contribution in [3.05, 3.63) is 56.7 Å². The Labute approximate surface area is 151 Å². The summed E-state index contributed by atoms with van der Waals surface area (Å²) >= 11 is 7.88. The Bertz CT molecular complexity index is 598. The van der Waals surface area contributed by atoms with Crippen LogP contribution in [-0.4, -0.2) is 13.0 Å². The number of nitrogens with zero attached hydrogens (tertiary/aromatic N) is 1. The van der Waals surface area contributed by atoms with E-state index in [4.69, 9.17) is 11.6 Å². The van der Waals surface area contributed by atoms with E-state index in [1.165, 1.54) is 10.4 Å². The summed E-state index contributed by atoms with van der Waals surface area (Å²) in [6.45, 7) is 3.56. The van der Waals surface area contributed by atoms with Gasteiger partial charge in [0.25, 0.3) is 0 Å². The zero-order valence-electron chi connectivity index (χ0n) is 12.0. The Balaban J connectivity index is 0.00000220. The fourth-order valence-corrected chi connectivity index (χ4v) is 2.84. The SMILES string of the molecule is CN=C(NCc1ccccc1Cl)NCc1sccc1C.I. The van der Waals surface area contributed by atoms with E-state index in [2.05, 4.69) is 34.0 Å². The van der Waals surface area contributed by atoms with Crippen LogP contribution < -0.4 is 10.6 Å². The molecule has 0 saturated heterocycles. The van der Waals surface area contributed by atoms with Gasteiger partial charge < -0.3 is 10.6 Å². The van der Waals surface area contributed by atoms with Gasteiger partial charge in [0.1, 0.15) is 0 Å². The molecular weight excluding hydrogens is 417 g/mol. The van der Waals surface area contributed by atoms with Crippen molar-refractivity contribution in [2.45, 2.75) is 20.0 Å². The molecular formula is C15H19ClIN3S. The summed E-state index contributed by atoms with van der Waals surface area (Å²) in [5.41, 5.74) is 2.37. The van der Waals surface area contributed by atoms with E-state index in [-0.39, 0.29) is 24.0 Å². The molecule has 114 valence electrons. The molecule has 3 nitrogen and oxygen atoms in total. The van der Waals surface area contributed by atoms with Gasteiger partial charge in [0.15, 0.2) is 5.96 Å². The highest BCUT2D eigenvalue weighted by molar-refractivity contribution is 14.0. The third-order valence-electron chi connectivity index (χ3n) is 3.01. The molecule has 0 spiro atoms. The number of aliphatic imine (C=N–C) groups is 1. The minimum Gasteiger partial charge on any atom is -0.352 e. The monoisotopic (exact) mass is 435 g/mol. The van der Waals surface area contributed by atoms with Crippen molar-refractivity contribution in [2.75, 3.05) is 7.05 Å². The molecule has 1 heterocycles. The molecule has 0 atom stereocenters. The molecule has 1 aromatic heterocycles. The van der Waals surface area contributed by atoms with Crippen molar-refractivity contribution in [1.29, 1.82) is 0 Å². The lowest BCUT2D eigenvalue weighted by Gasteiger charge is -2.12. The van der Waals surface area contributed by atoms with Gasteiger partial charge in [-0.15, -0.1) is 35.3 Å². The fourth-order valence-electron chi connectivity index (χ4n) is 1.79. The van der Waals surface area contributed by atoms with Crippen molar-refractivity contribution in [1.82, 2.24) is 10.6 Å². The Morgan fingerprint density at radius 2 is 1.90 bits per heavy atom. The van der Waals surface area contributed by atoms with Gasteiger partial charge in [-0.1, -0.05) is 29.8 Å². The number of benzene rings is 1. The van der Waals surface area contributed by atoms with E-state index in [0.29, 0.717) is 6.54 Å². The molecule has 0 aliphatic heterocycles. The molecule has 21 heavy (non-hydrogen) atoms. The first-order valence-electron chi connectivity index (χ1n) is 6.41. The van der Waals surface area contributed by atoms with Crippen molar-refractivity contribution >= 4 is 52.9 Å². The summed E-state index contributed by atoms with van der Waals surface area (Å²) < 4.78 is 0. The number of nitrogens with one attached hydrogen (secondary N) is 2. The predicted molar refractivity (Wildman–Crippen MR) is 103 cm³/mol. The van der Waals surface area contributed by atoms with E-state index in [1.54, 1.807) is 18.4 Å². The highest BCUT2D eigenvalue weighted by Gasteiger charge is 2.03. The molecule has 2 N–H and O–H groups in total. The summed E-state index contributed by atoms with van der Waals surface area (Å²) in [5, 5.41) is 9.45. The van der Waals surface area contributed by atoms with Crippen molar-refractivity contribution in [2.24, 2.45) is 4.99 Å². The summed E-state index contributed by atoms with van der Waals surface area (Å²) in [7, 11) is 1.77. The van der Waals surface area contributed by atoms with Crippen LogP contribution in [0.3, 0.4) is 0 Å². The second-order valence-electron chi connectivity index (χ2n) is 4.40. The van der Waals surface area contributed by atoms with Crippen LogP contribution in [0.15, 0.2) is 40.7 Å². The Hall–Kier alpha value is -0.790. The highest BCUT2D eigenvalue weighted by atomic mass is 127. The molecule has 1 aromatic carbocycles. The number of halogens is 2. The minimum absolute atomic E-state index is 0. The number of hydrogen-bond acceptors (Lipinski definition) is 2. The third-order valence-corrected chi connectivity index (χ3v) is 4.40. The van der Waals surface area contributed by atoms with Crippen LogP contribution in [-0.2, 0) is 13.1 Å². The lowest BCUT2D eigenvalue weighted by molar-refractivity contribution is 0.813. The van der Waals surface area contributed by atoms with Crippen LogP contribution >= 0.6 is 46.9 Å². The number of guanidine groups is 1. The fraction of sp³-hybridized carbons (Fsp3) is 0.267. The van der Waals surface area contributed by atoms with E-state index in [0.717, 1.165) is 23.1 Å². The molecule has 0 unspecified atom stereocenters. The quantitative estimate of drug-likeness (QED) is 0.429. The standard InChI is InChI=1S/C15H18ClN3S.HI/c1-11-7-8-20-14(11)10-19-15(17-2)18-9-12-5-3-4-6-13(12)16;/h3-8H,9-10H2,1-2H3,(H2,17,18,19);1H. The molecule has 0 aliphatic carbocycles. The lowest BCUT2D eigenvalue weighted by atomic mass is 10.2. The van der Waals surface area contributed by atoms with Crippen molar-refractivity contribution < 1.29 is 0 Å². The van der Waals surface area contributed by atoms with Crippen LogP contribution in [0.2, 0.25) is 5.02 Å². The summed E-state index contributed by atoms with van der Waals surface area (Å²) in [6.07, 6.45) is 0. The average Bonchev–Trinajstić information content (AvgIpc) is 2.86. The van der Waals surface area contributed by atoms with Crippen LogP contribution in [0.5, 0.6) is 0 Å². The second kappa shape index (κ2) is 9.27. The van der Waals surface area contributed by atoms with E-state index in [9.17, 15) is 0 Å². The van der Waals surface area contributed by atoms with Crippen molar-refractivity contribution in [3.8, 4) is 0 Å². The van der Waals surface area contributed by atoms with Gasteiger partial charge in [0.2, 0.25) is 0 Å². The van der Waals surface area contributed by atoms with E-state index < -0.39 is 0 Å². The summed E-state index contributed by atoms with van der Waals surface area (Å²) in [4.78, 5) is 5.54. The second-order valence-corrected chi connectivity index (χ2v) is 5.81. The maximum absolute atomic E-state index is 6.13. The minimum atomic E-state index is 0. The van der Waals surface area contributed by atoms with Gasteiger partial charge in [-0.2, -0.15) is 0 Å². The van der Waals surface area contributed by atoms with E-state index in [1.807, 2.05) is 24.3 Å². The Kier molecular flexibility index (Phi) is 8.06. The maximum Gasteiger partial charge on any atom is 0.191 e. The third kappa shape index (κ3) is 5.48. The molecule has 0 bridgehead atoms. The first-order valence-corrected chi connectivity index (χ1v) is 7.67. The topological polar surface area (TPSA) is 36.4 Å². The molecule has 0 fully saturated rings. The van der Waals surface area contributed by atoms with Crippen LogP contribution in [0.1, 0.15) is 16.0 Å². The summed E-state index contributed by atoms with van der Waals surface area (Å²) in [6, 6.07) is 9.93. The number of thiophene rings is 1.